The van der Waals surface area contributed by atoms with E-state index >= 15 is 0 Å². The number of anilines is 1. The van der Waals surface area contributed by atoms with Crippen molar-refractivity contribution in [3.63, 3.8) is 0 Å². The number of benzene rings is 1. The smallest absolute Gasteiger partial charge is 0.198 e. The summed E-state index contributed by atoms with van der Waals surface area (Å²) in [6, 6.07) is 4.45. The lowest BCUT2D eigenvalue weighted by Crippen LogP contribution is -2.36. The Morgan fingerprint density at radius 1 is 1.38 bits per heavy atom. The number of aliphatic imine (C=N–C) groups is 1. The summed E-state index contributed by atoms with van der Waals surface area (Å²) in [4.78, 5) is 8.29. The Morgan fingerprint density at radius 3 is 2.76 bits per heavy atom. The molecular weight excluding hydrogens is 312 g/mol. The second-order valence-corrected chi connectivity index (χ2v) is 6.80. The molecule has 3 nitrogen and oxygen atoms in total. The maximum absolute atomic E-state index is 13.3. The highest BCUT2D eigenvalue weighted by Crippen LogP contribution is 2.45. The number of hydrogen-bond donors (Lipinski definition) is 0. The van der Waals surface area contributed by atoms with E-state index in [9.17, 15) is 4.39 Å². The Morgan fingerprint density at radius 2 is 2.10 bits per heavy atom. The third kappa shape index (κ3) is 2.30. The second-order valence-electron chi connectivity index (χ2n) is 6.00. The highest BCUT2D eigenvalue weighted by molar-refractivity contribution is 6.33. The molecule has 0 aromatic heterocycles. The number of halogens is 3. The molecular formula is C15H16Cl2FN3. The Labute approximate surface area is 133 Å². The number of nitrogens with zero attached hydrogens (tertiary/aromatic N) is 3. The van der Waals surface area contributed by atoms with Gasteiger partial charge < -0.3 is 9.80 Å². The monoisotopic (exact) mass is 327 g/mol. The van der Waals surface area contributed by atoms with Crippen LogP contribution in [0, 0.1) is 11.2 Å². The lowest BCUT2D eigenvalue weighted by molar-refractivity contribution is 0.381. The number of rotatable bonds is 1. The van der Waals surface area contributed by atoms with Crippen molar-refractivity contribution in [1.82, 2.24) is 4.90 Å². The fraction of sp³-hybridized carbons (Fsp3) is 0.400. The van der Waals surface area contributed by atoms with Gasteiger partial charge in [0.2, 0.25) is 0 Å². The summed E-state index contributed by atoms with van der Waals surface area (Å²) < 4.78 is 13.3. The van der Waals surface area contributed by atoms with Crippen LogP contribution in [0.15, 0.2) is 34.6 Å². The zero-order valence-electron chi connectivity index (χ0n) is 12.1. The molecule has 1 aromatic carbocycles. The highest BCUT2D eigenvalue weighted by Gasteiger charge is 2.42. The molecule has 21 heavy (non-hydrogen) atoms. The summed E-state index contributed by atoms with van der Waals surface area (Å²) in [5, 5.41) is 0.390. The average molecular weight is 328 g/mol. The summed E-state index contributed by atoms with van der Waals surface area (Å²) in [5.74, 6) is 0.633. The predicted molar refractivity (Wildman–Crippen MR) is 85.5 cm³/mol. The Bertz CT molecular complexity index is 654. The van der Waals surface area contributed by atoms with Gasteiger partial charge in [-0.15, -0.1) is 0 Å². The fourth-order valence-corrected chi connectivity index (χ4v) is 3.27. The van der Waals surface area contributed by atoms with Crippen molar-refractivity contribution in [2.75, 3.05) is 18.5 Å². The molecule has 0 radical (unpaired) electrons. The van der Waals surface area contributed by atoms with Crippen LogP contribution in [0.25, 0.3) is 0 Å². The van der Waals surface area contributed by atoms with Crippen LogP contribution in [0.2, 0.25) is 5.02 Å². The van der Waals surface area contributed by atoms with Crippen molar-refractivity contribution in [2.24, 2.45) is 10.4 Å². The molecule has 2 heterocycles. The molecule has 112 valence electrons. The van der Waals surface area contributed by atoms with Gasteiger partial charge in [-0.2, -0.15) is 0 Å². The van der Waals surface area contributed by atoms with Crippen LogP contribution in [0.4, 0.5) is 10.1 Å². The summed E-state index contributed by atoms with van der Waals surface area (Å²) in [5.41, 5.74) is 1.37. The van der Waals surface area contributed by atoms with Gasteiger partial charge in [0, 0.05) is 30.8 Å². The van der Waals surface area contributed by atoms with E-state index in [1.165, 1.54) is 12.1 Å². The van der Waals surface area contributed by atoms with Crippen molar-refractivity contribution >= 4 is 35.1 Å². The van der Waals surface area contributed by atoms with Crippen molar-refractivity contribution in [3.05, 3.63) is 40.4 Å². The zero-order valence-corrected chi connectivity index (χ0v) is 13.6. The largest absolute Gasteiger partial charge is 0.326 e. The van der Waals surface area contributed by atoms with E-state index < -0.39 is 5.62 Å². The van der Waals surface area contributed by atoms with Crippen LogP contribution in [0.1, 0.15) is 13.8 Å². The van der Waals surface area contributed by atoms with Gasteiger partial charge in [-0.3, -0.25) is 4.99 Å². The van der Waals surface area contributed by atoms with E-state index in [0.29, 0.717) is 5.02 Å². The molecule has 1 atom stereocenters. The molecule has 0 aliphatic carbocycles. The van der Waals surface area contributed by atoms with Gasteiger partial charge in [0.1, 0.15) is 11.6 Å². The maximum Gasteiger partial charge on any atom is 0.198 e. The van der Waals surface area contributed by atoms with Crippen LogP contribution >= 0.6 is 23.2 Å². The molecule has 0 N–H and O–H groups in total. The third-order valence-corrected chi connectivity index (χ3v) is 4.67. The Balaban J connectivity index is 2.12. The highest BCUT2D eigenvalue weighted by atomic mass is 35.5. The maximum atomic E-state index is 13.3. The van der Waals surface area contributed by atoms with Gasteiger partial charge >= 0.3 is 0 Å². The number of alkyl halides is 1. The van der Waals surface area contributed by atoms with E-state index in [2.05, 4.69) is 23.7 Å². The van der Waals surface area contributed by atoms with Gasteiger partial charge in [0.25, 0.3) is 0 Å². The quantitative estimate of drug-likeness (QED) is 0.571. The fourth-order valence-electron chi connectivity index (χ4n) is 2.85. The van der Waals surface area contributed by atoms with Gasteiger partial charge in [-0.1, -0.05) is 37.0 Å². The van der Waals surface area contributed by atoms with Crippen molar-refractivity contribution in [3.8, 4) is 0 Å². The molecule has 2 aliphatic heterocycles. The van der Waals surface area contributed by atoms with Crippen LogP contribution in [0.5, 0.6) is 0 Å². The van der Waals surface area contributed by atoms with Crippen LogP contribution in [-0.2, 0) is 0 Å². The first-order valence-corrected chi connectivity index (χ1v) is 7.50. The molecule has 2 aliphatic rings. The Kier molecular flexibility index (Phi) is 3.41. The van der Waals surface area contributed by atoms with Crippen molar-refractivity contribution in [2.45, 2.75) is 19.5 Å². The standard InChI is InChI=1S/C15H16Cl2FN3/c1-15(2)8-21(12-5-4-9(18)6-11(12)16)13-10(15)7-19-14(17)20(13)3/h4-7,14H,8H2,1-3H3. The van der Waals surface area contributed by atoms with E-state index in [1.54, 1.807) is 6.07 Å². The summed E-state index contributed by atoms with van der Waals surface area (Å²) in [7, 11) is 1.90. The first-order valence-electron chi connectivity index (χ1n) is 6.69. The van der Waals surface area contributed by atoms with Crippen LogP contribution in [-0.4, -0.2) is 30.3 Å². The molecule has 1 aromatic rings. The van der Waals surface area contributed by atoms with E-state index in [-0.39, 0.29) is 11.2 Å². The minimum atomic E-state index is -0.445. The lowest BCUT2D eigenvalue weighted by atomic mass is 9.87. The van der Waals surface area contributed by atoms with Gasteiger partial charge in [-0.25, -0.2) is 4.39 Å². The molecule has 0 fully saturated rings. The molecule has 0 bridgehead atoms. The average Bonchev–Trinajstić information content (AvgIpc) is 2.66. The minimum absolute atomic E-state index is 0.0815. The Hall–Kier alpha value is -1.26. The topological polar surface area (TPSA) is 18.8 Å². The molecule has 1 unspecified atom stereocenters. The SMILES string of the molecule is CN1C2=C(C=NC1Cl)C(C)(C)CN2c1ccc(F)cc1Cl. The molecule has 6 heteroatoms. The summed E-state index contributed by atoms with van der Waals surface area (Å²) >= 11 is 12.4. The minimum Gasteiger partial charge on any atom is -0.326 e. The first kappa shape index (κ1) is 14.7. The normalized spacial score (nSPS) is 23.8. The van der Waals surface area contributed by atoms with E-state index in [4.69, 9.17) is 23.2 Å². The second kappa shape index (κ2) is 4.89. The molecule has 0 amide bonds. The van der Waals surface area contributed by atoms with E-state index in [1.807, 2.05) is 18.2 Å². The van der Waals surface area contributed by atoms with Crippen LogP contribution in [0.3, 0.4) is 0 Å². The third-order valence-electron chi connectivity index (χ3n) is 3.96. The molecule has 0 saturated heterocycles. The summed E-state index contributed by atoms with van der Waals surface area (Å²) in [6.07, 6.45) is 1.84. The summed E-state index contributed by atoms with van der Waals surface area (Å²) in [6.45, 7) is 5.03. The van der Waals surface area contributed by atoms with E-state index in [0.717, 1.165) is 23.6 Å². The lowest BCUT2D eigenvalue weighted by Gasteiger charge is -2.33. The molecule has 0 saturated carbocycles. The van der Waals surface area contributed by atoms with Crippen molar-refractivity contribution < 1.29 is 4.39 Å². The first-order chi connectivity index (χ1) is 9.81. The predicted octanol–water partition coefficient (Wildman–Crippen LogP) is 4.08. The van der Waals surface area contributed by atoms with Crippen LogP contribution < -0.4 is 4.90 Å². The van der Waals surface area contributed by atoms with Gasteiger partial charge in [0.15, 0.2) is 5.62 Å². The molecule has 0 spiro atoms. The molecule has 3 rings (SSSR count). The van der Waals surface area contributed by atoms with Crippen molar-refractivity contribution in [1.29, 1.82) is 0 Å². The van der Waals surface area contributed by atoms with Gasteiger partial charge in [0.05, 0.1) is 10.7 Å². The zero-order chi connectivity index (χ0) is 15.4. The van der Waals surface area contributed by atoms with Gasteiger partial charge in [-0.05, 0) is 18.2 Å². The number of hydrogen-bond acceptors (Lipinski definition) is 3.